The molecule has 0 spiro atoms. The molecule has 0 atom stereocenters. The molecular weight excluding hydrogens is 382 g/mol. The van der Waals surface area contributed by atoms with Crippen molar-refractivity contribution in [2.24, 2.45) is 0 Å². The molecule has 0 fully saturated rings. The lowest BCUT2D eigenvalue weighted by Gasteiger charge is -2.24. The molecule has 2 aromatic heterocycles. The summed E-state index contributed by atoms with van der Waals surface area (Å²) < 4.78 is 1.07. The van der Waals surface area contributed by atoms with Gasteiger partial charge in [-0.25, -0.2) is 9.97 Å². The maximum Gasteiger partial charge on any atom is 0.240 e. The minimum absolute atomic E-state index is 0.0687. The van der Waals surface area contributed by atoms with Crippen molar-refractivity contribution in [2.45, 2.75) is 26.8 Å². The molecule has 2 amide bonds. The van der Waals surface area contributed by atoms with Crippen molar-refractivity contribution in [2.75, 3.05) is 23.7 Å². The Hall–Kier alpha value is -2.36. The molecule has 3 aromatic rings. The average Bonchev–Trinajstić information content (AvgIpc) is 3.15. The Morgan fingerprint density at radius 1 is 1.19 bits per heavy atom. The van der Waals surface area contributed by atoms with Crippen LogP contribution < -0.4 is 10.6 Å². The van der Waals surface area contributed by atoms with E-state index in [9.17, 15) is 9.59 Å². The SMILES string of the molecule is CC(=O)Nc1nc2c(s1)CN(CC(=O)Nc1nc3ccc(C)cc3s1)CC2. The number of hydrogen-bond acceptors (Lipinski definition) is 7. The molecule has 0 saturated heterocycles. The minimum Gasteiger partial charge on any atom is -0.302 e. The second-order valence-corrected chi connectivity index (χ2v) is 8.68. The van der Waals surface area contributed by atoms with E-state index in [1.807, 2.05) is 19.1 Å². The highest BCUT2D eigenvalue weighted by Crippen LogP contribution is 2.29. The summed E-state index contributed by atoms with van der Waals surface area (Å²) in [5.74, 6) is -0.191. The molecular formula is C18H19N5O2S2. The first kappa shape index (κ1) is 18.0. The molecule has 1 aromatic carbocycles. The topological polar surface area (TPSA) is 87.2 Å². The molecule has 140 valence electrons. The van der Waals surface area contributed by atoms with Crippen LogP contribution >= 0.6 is 22.7 Å². The van der Waals surface area contributed by atoms with E-state index in [1.165, 1.54) is 35.2 Å². The fraction of sp³-hybridized carbons (Fsp3) is 0.333. The Morgan fingerprint density at radius 3 is 2.81 bits per heavy atom. The number of nitrogens with one attached hydrogen (secondary N) is 2. The summed E-state index contributed by atoms with van der Waals surface area (Å²) in [6.07, 6.45) is 0.777. The van der Waals surface area contributed by atoms with Crippen LogP contribution in [0.5, 0.6) is 0 Å². The molecule has 27 heavy (non-hydrogen) atoms. The second kappa shape index (κ2) is 7.34. The van der Waals surface area contributed by atoms with Gasteiger partial charge in [0.1, 0.15) is 0 Å². The second-order valence-electron chi connectivity index (χ2n) is 6.57. The summed E-state index contributed by atoms with van der Waals surface area (Å²) in [6, 6.07) is 6.06. The van der Waals surface area contributed by atoms with Crippen LogP contribution in [-0.2, 0) is 22.6 Å². The summed E-state index contributed by atoms with van der Waals surface area (Å²) in [4.78, 5) is 35.7. The highest BCUT2D eigenvalue weighted by atomic mass is 32.1. The smallest absolute Gasteiger partial charge is 0.240 e. The van der Waals surface area contributed by atoms with Gasteiger partial charge in [-0.05, 0) is 24.6 Å². The number of carbonyl (C=O) groups is 2. The van der Waals surface area contributed by atoms with Crippen LogP contribution in [0.1, 0.15) is 23.1 Å². The molecule has 0 aliphatic carbocycles. The van der Waals surface area contributed by atoms with E-state index in [0.717, 1.165) is 33.8 Å². The van der Waals surface area contributed by atoms with E-state index < -0.39 is 0 Å². The fourth-order valence-electron chi connectivity index (χ4n) is 3.03. The van der Waals surface area contributed by atoms with Gasteiger partial charge >= 0.3 is 0 Å². The van der Waals surface area contributed by atoms with Crippen molar-refractivity contribution in [3.8, 4) is 0 Å². The fourth-order valence-corrected chi connectivity index (χ4v) is 5.11. The van der Waals surface area contributed by atoms with Gasteiger partial charge < -0.3 is 10.6 Å². The van der Waals surface area contributed by atoms with Crippen LogP contribution in [0.3, 0.4) is 0 Å². The van der Waals surface area contributed by atoms with Crippen molar-refractivity contribution in [3.63, 3.8) is 0 Å². The Bertz CT molecular complexity index is 1030. The Balaban J connectivity index is 1.38. The number of amides is 2. The lowest BCUT2D eigenvalue weighted by atomic mass is 10.2. The highest BCUT2D eigenvalue weighted by molar-refractivity contribution is 7.22. The van der Waals surface area contributed by atoms with Gasteiger partial charge in [0.05, 0.1) is 22.5 Å². The number of anilines is 2. The lowest BCUT2D eigenvalue weighted by Crippen LogP contribution is -2.36. The van der Waals surface area contributed by atoms with Crippen molar-refractivity contribution < 1.29 is 9.59 Å². The van der Waals surface area contributed by atoms with Gasteiger partial charge in [-0.15, -0.1) is 11.3 Å². The predicted octanol–water partition coefficient (Wildman–Crippen LogP) is 3.02. The van der Waals surface area contributed by atoms with E-state index in [-0.39, 0.29) is 11.8 Å². The number of aryl methyl sites for hydroxylation is 1. The van der Waals surface area contributed by atoms with Gasteiger partial charge in [0, 0.05) is 31.3 Å². The number of carbonyl (C=O) groups excluding carboxylic acids is 2. The number of fused-ring (bicyclic) bond motifs is 2. The lowest BCUT2D eigenvalue weighted by molar-refractivity contribution is -0.117. The quantitative estimate of drug-likeness (QED) is 0.702. The van der Waals surface area contributed by atoms with Gasteiger partial charge in [0.2, 0.25) is 11.8 Å². The minimum atomic E-state index is -0.122. The van der Waals surface area contributed by atoms with Crippen LogP contribution in [0.25, 0.3) is 10.2 Å². The van der Waals surface area contributed by atoms with Gasteiger partial charge in [0.25, 0.3) is 0 Å². The summed E-state index contributed by atoms with van der Waals surface area (Å²) in [5, 5.41) is 6.90. The van der Waals surface area contributed by atoms with Crippen molar-refractivity contribution in [1.29, 1.82) is 0 Å². The first-order valence-corrected chi connectivity index (χ1v) is 10.2. The number of aromatic nitrogens is 2. The molecule has 0 radical (unpaired) electrons. The third kappa shape index (κ3) is 4.15. The zero-order valence-corrected chi connectivity index (χ0v) is 16.7. The first-order valence-electron chi connectivity index (χ1n) is 8.62. The van der Waals surface area contributed by atoms with E-state index in [4.69, 9.17) is 0 Å². The Morgan fingerprint density at radius 2 is 2.00 bits per heavy atom. The summed E-state index contributed by atoms with van der Waals surface area (Å²) in [6.45, 7) is 5.25. The van der Waals surface area contributed by atoms with Gasteiger partial charge in [-0.2, -0.15) is 0 Å². The molecule has 4 rings (SSSR count). The number of hydrogen-bond donors (Lipinski definition) is 2. The first-order chi connectivity index (χ1) is 13.0. The maximum absolute atomic E-state index is 12.4. The molecule has 9 heteroatoms. The van der Waals surface area contributed by atoms with Gasteiger partial charge in [0.15, 0.2) is 10.3 Å². The maximum atomic E-state index is 12.4. The molecule has 0 unspecified atom stereocenters. The molecule has 0 bridgehead atoms. The van der Waals surface area contributed by atoms with E-state index >= 15 is 0 Å². The molecule has 3 heterocycles. The Kier molecular flexibility index (Phi) is 4.90. The summed E-state index contributed by atoms with van der Waals surface area (Å²) >= 11 is 2.97. The number of nitrogens with zero attached hydrogens (tertiary/aromatic N) is 3. The predicted molar refractivity (Wildman–Crippen MR) is 108 cm³/mol. The number of rotatable bonds is 4. The third-order valence-electron chi connectivity index (χ3n) is 4.25. The average molecular weight is 402 g/mol. The molecule has 1 aliphatic rings. The van der Waals surface area contributed by atoms with Crippen molar-refractivity contribution in [1.82, 2.24) is 14.9 Å². The Labute approximate surface area is 164 Å². The van der Waals surface area contributed by atoms with Crippen LogP contribution in [0, 0.1) is 6.92 Å². The molecule has 1 aliphatic heterocycles. The number of benzene rings is 1. The zero-order valence-electron chi connectivity index (χ0n) is 15.0. The van der Waals surface area contributed by atoms with Crippen molar-refractivity contribution in [3.05, 3.63) is 34.3 Å². The van der Waals surface area contributed by atoms with E-state index in [1.54, 1.807) is 0 Å². The summed E-state index contributed by atoms with van der Waals surface area (Å²) in [5.41, 5.74) is 3.09. The largest absolute Gasteiger partial charge is 0.302 e. The van der Waals surface area contributed by atoms with Crippen LogP contribution in [-0.4, -0.2) is 39.8 Å². The normalized spacial score (nSPS) is 14.1. The van der Waals surface area contributed by atoms with Crippen LogP contribution in [0.4, 0.5) is 10.3 Å². The van der Waals surface area contributed by atoms with E-state index in [2.05, 4.69) is 31.6 Å². The monoisotopic (exact) mass is 401 g/mol. The zero-order chi connectivity index (χ0) is 19.0. The summed E-state index contributed by atoms with van der Waals surface area (Å²) in [7, 11) is 0. The van der Waals surface area contributed by atoms with Crippen molar-refractivity contribution >= 4 is 55.0 Å². The van der Waals surface area contributed by atoms with Gasteiger partial charge in [-0.1, -0.05) is 17.4 Å². The van der Waals surface area contributed by atoms with Gasteiger partial charge in [-0.3, -0.25) is 14.5 Å². The van der Waals surface area contributed by atoms with Crippen LogP contribution in [0.2, 0.25) is 0 Å². The molecule has 0 saturated carbocycles. The third-order valence-corrected chi connectivity index (χ3v) is 6.18. The molecule has 7 nitrogen and oxygen atoms in total. The number of thiazole rings is 2. The van der Waals surface area contributed by atoms with Crippen LogP contribution in [0.15, 0.2) is 18.2 Å². The van der Waals surface area contributed by atoms with E-state index in [0.29, 0.717) is 23.4 Å². The molecule has 2 N–H and O–H groups in total. The highest BCUT2D eigenvalue weighted by Gasteiger charge is 2.23. The standard InChI is InChI=1S/C18H19N5O2S2/c1-10-3-4-12-14(7-10)26-18(20-12)22-16(25)9-23-6-5-13-15(8-23)27-17(21-13)19-11(2)24/h3-4,7H,5-6,8-9H2,1-2H3,(H,19,21,24)(H,20,22,25).